The van der Waals surface area contributed by atoms with Gasteiger partial charge < -0.3 is 10.2 Å². The van der Waals surface area contributed by atoms with Gasteiger partial charge in [0.1, 0.15) is 0 Å². The van der Waals surface area contributed by atoms with Gasteiger partial charge in [-0.3, -0.25) is 4.79 Å². The fraction of sp³-hybridized carbons (Fsp3) is 0.562. The van der Waals surface area contributed by atoms with E-state index >= 15 is 0 Å². The maximum atomic E-state index is 12.7. The summed E-state index contributed by atoms with van der Waals surface area (Å²) >= 11 is 0. The standard InChI is InChI=1S/C16H19F3N2O/c17-16(18,19)13-5-7-21(8-6-13)15(22)14-9-11-3-1-2-4-12(11)10-20-14/h1-4,13-14,20H,5-10H2. The van der Waals surface area contributed by atoms with Crippen molar-refractivity contribution in [2.45, 2.75) is 38.0 Å². The molecule has 1 atom stereocenters. The Labute approximate surface area is 127 Å². The minimum atomic E-state index is -4.14. The molecule has 1 fully saturated rings. The predicted molar refractivity (Wildman–Crippen MR) is 76.1 cm³/mol. The highest BCUT2D eigenvalue weighted by atomic mass is 19.4. The smallest absolute Gasteiger partial charge is 0.341 e. The summed E-state index contributed by atoms with van der Waals surface area (Å²) in [7, 11) is 0. The summed E-state index contributed by atoms with van der Waals surface area (Å²) < 4.78 is 38.0. The Balaban J connectivity index is 1.60. The minimum Gasteiger partial charge on any atom is -0.341 e. The van der Waals surface area contributed by atoms with Crippen LogP contribution < -0.4 is 5.32 Å². The van der Waals surface area contributed by atoms with Crippen LogP contribution in [-0.2, 0) is 17.8 Å². The van der Waals surface area contributed by atoms with Crippen molar-refractivity contribution in [3.63, 3.8) is 0 Å². The summed E-state index contributed by atoms with van der Waals surface area (Å²) in [6, 6.07) is 7.62. The predicted octanol–water partition coefficient (Wildman–Crippen LogP) is 2.50. The number of alkyl halides is 3. The van der Waals surface area contributed by atoms with Crippen LogP contribution in [-0.4, -0.2) is 36.1 Å². The summed E-state index contributed by atoms with van der Waals surface area (Å²) in [5, 5.41) is 3.20. The number of nitrogens with zero attached hydrogens (tertiary/aromatic N) is 1. The second kappa shape index (κ2) is 5.91. The molecule has 6 heteroatoms. The van der Waals surface area contributed by atoms with Crippen molar-refractivity contribution in [1.82, 2.24) is 10.2 Å². The number of amides is 1. The van der Waals surface area contributed by atoms with Gasteiger partial charge >= 0.3 is 6.18 Å². The van der Waals surface area contributed by atoms with Gasteiger partial charge in [-0.2, -0.15) is 13.2 Å². The Morgan fingerprint density at radius 3 is 2.41 bits per heavy atom. The van der Waals surface area contributed by atoms with Crippen molar-refractivity contribution in [1.29, 1.82) is 0 Å². The lowest BCUT2D eigenvalue weighted by Crippen LogP contribution is -2.52. The van der Waals surface area contributed by atoms with Crippen LogP contribution in [0.4, 0.5) is 13.2 Å². The molecule has 2 heterocycles. The van der Waals surface area contributed by atoms with E-state index in [4.69, 9.17) is 0 Å². The van der Waals surface area contributed by atoms with Crippen LogP contribution >= 0.6 is 0 Å². The van der Waals surface area contributed by atoms with Crippen LogP contribution in [0.25, 0.3) is 0 Å². The summed E-state index contributed by atoms with van der Waals surface area (Å²) in [5.74, 6) is -1.34. The number of rotatable bonds is 1. The average Bonchev–Trinajstić information content (AvgIpc) is 2.53. The molecule has 0 aliphatic carbocycles. The molecule has 1 aromatic rings. The lowest BCUT2D eigenvalue weighted by atomic mass is 9.93. The van der Waals surface area contributed by atoms with Crippen LogP contribution in [0.5, 0.6) is 0 Å². The summed E-state index contributed by atoms with van der Waals surface area (Å²) in [5.41, 5.74) is 2.33. The molecule has 2 aliphatic rings. The van der Waals surface area contributed by atoms with Crippen LogP contribution in [0.1, 0.15) is 24.0 Å². The third kappa shape index (κ3) is 3.11. The monoisotopic (exact) mass is 312 g/mol. The van der Waals surface area contributed by atoms with E-state index in [1.165, 1.54) is 5.56 Å². The maximum Gasteiger partial charge on any atom is 0.391 e. The van der Waals surface area contributed by atoms with Gasteiger partial charge in [-0.1, -0.05) is 24.3 Å². The van der Waals surface area contributed by atoms with Gasteiger partial charge in [0, 0.05) is 19.6 Å². The Morgan fingerprint density at radius 1 is 1.14 bits per heavy atom. The summed E-state index contributed by atoms with van der Waals surface area (Å²) in [6.45, 7) is 1.03. The number of halogens is 3. The van der Waals surface area contributed by atoms with Crippen LogP contribution in [0.2, 0.25) is 0 Å². The quantitative estimate of drug-likeness (QED) is 0.864. The van der Waals surface area contributed by atoms with E-state index in [0.29, 0.717) is 13.0 Å². The molecule has 1 amide bonds. The number of hydrogen-bond donors (Lipinski definition) is 1. The second-order valence-corrected chi connectivity index (χ2v) is 6.05. The Bertz CT molecular complexity index is 551. The van der Waals surface area contributed by atoms with Crippen molar-refractivity contribution in [2.24, 2.45) is 5.92 Å². The number of benzene rings is 1. The second-order valence-electron chi connectivity index (χ2n) is 6.05. The molecular weight excluding hydrogens is 293 g/mol. The first-order chi connectivity index (χ1) is 10.4. The molecule has 1 aromatic carbocycles. The molecule has 1 saturated heterocycles. The molecule has 0 radical (unpaired) electrons. The van der Waals surface area contributed by atoms with Crippen molar-refractivity contribution in [2.75, 3.05) is 13.1 Å². The zero-order chi connectivity index (χ0) is 15.7. The Morgan fingerprint density at radius 2 is 1.77 bits per heavy atom. The molecule has 3 rings (SSSR count). The molecule has 0 bridgehead atoms. The maximum absolute atomic E-state index is 12.7. The molecule has 22 heavy (non-hydrogen) atoms. The molecule has 2 aliphatic heterocycles. The number of likely N-dealkylation sites (tertiary alicyclic amines) is 1. The molecular formula is C16H19F3N2O. The molecule has 0 aromatic heterocycles. The van der Waals surface area contributed by atoms with E-state index < -0.39 is 12.1 Å². The highest BCUT2D eigenvalue weighted by Gasteiger charge is 2.42. The fourth-order valence-electron chi connectivity index (χ4n) is 3.28. The molecule has 120 valence electrons. The molecule has 1 unspecified atom stereocenters. The van der Waals surface area contributed by atoms with Crippen molar-refractivity contribution >= 4 is 5.91 Å². The third-order valence-electron chi connectivity index (χ3n) is 4.65. The van der Waals surface area contributed by atoms with Crippen LogP contribution in [0.15, 0.2) is 24.3 Å². The normalized spacial score (nSPS) is 23.2. The first-order valence-electron chi connectivity index (χ1n) is 7.61. The van der Waals surface area contributed by atoms with Gasteiger partial charge in [-0.05, 0) is 30.4 Å². The Kier molecular flexibility index (Phi) is 4.12. The topological polar surface area (TPSA) is 32.3 Å². The number of fused-ring (bicyclic) bond motifs is 1. The third-order valence-corrected chi connectivity index (χ3v) is 4.65. The van der Waals surface area contributed by atoms with Crippen molar-refractivity contribution in [3.05, 3.63) is 35.4 Å². The van der Waals surface area contributed by atoms with Crippen LogP contribution in [0, 0.1) is 5.92 Å². The SMILES string of the molecule is O=C(C1Cc2ccccc2CN1)N1CCC(C(F)(F)F)CC1. The summed E-state index contributed by atoms with van der Waals surface area (Å²) in [6.07, 6.45) is -3.51. The molecule has 0 spiro atoms. The first-order valence-corrected chi connectivity index (χ1v) is 7.61. The average molecular weight is 312 g/mol. The van der Waals surface area contributed by atoms with E-state index in [0.717, 1.165) is 5.56 Å². The van der Waals surface area contributed by atoms with Crippen LogP contribution in [0.3, 0.4) is 0 Å². The van der Waals surface area contributed by atoms with Gasteiger partial charge in [0.25, 0.3) is 0 Å². The van der Waals surface area contributed by atoms with E-state index in [1.54, 1.807) is 4.90 Å². The highest BCUT2D eigenvalue weighted by molar-refractivity contribution is 5.82. The summed E-state index contributed by atoms with van der Waals surface area (Å²) in [4.78, 5) is 14.1. The lowest BCUT2D eigenvalue weighted by molar-refractivity contribution is -0.186. The van der Waals surface area contributed by atoms with Gasteiger partial charge in [0.2, 0.25) is 5.91 Å². The molecule has 1 N–H and O–H groups in total. The minimum absolute atomic E-state index is 0.0124. The largest absolute Gasteiger partial charge is 0.391 e. The zero-order valence-corrected chi connectivity index (χ0v) is 12.2. The Hall–Kier alpha value is -1.56. The highest BCUT2D eigenvalue weighted by Crippen LogP contribution is 2.34. The number of carbonyl (C=O) groups is 1. The number of carbonyl (C=O) groups excluding carboxylic acids is 1. The first kappa shape index (κ1) is 15.3. The van der Waals surface area contributed by atoms with Gasteiger partial charge in [-0.25, -0.2) is 0 Å². The van der Waals surface area contributed by atoms with Gasteiger partial charge in [0.05, 0.1) is 12.0 Å². The molecule has 3 nitrogen and oxygen atoms in total. The fourth-order valence-corrected chi connectivity index (χ4v) is 3.28. The van der Waals surface area contributed by atoms with E-state index in [1.807, 2.05) is 24.3 Å². The van der Waals surface area contributed by atoms with Gasteiger partial charge in [0.15, 0.2) is 0 Å². The number of hydrogen-bond acceptors (Lipinski definition) is 2. The molecule has 0 saturated carbocycles. The zero-order valence-electron chi connectivity index (χ0n) is 12.2. The van der Waals surface area contributed by atoms with E-state index in [2.05, 4.69) is 5.32 Å². The van der Waals surface area contributed by atoms with Gasteiger partial charge in [-0.15, -0.1) is 0 Å². The van der Waals surface area contributed by atoms with Crippen molar-refractivity contribution < 1.29 is 18.0 Å². The number of piperidine rings is 1. The van der Waals surface area contributed by atoms with E-state index in [9.17, 15) is 18.0 Å². The van der Waals surface area contributed by atoms with Crippen molar-refractivity contribution in [3.8, 4) is 0 Å². The van der Waals surface area contributed by atoms with E-state index in [-0.39, 0.29) is 37.9 Å². The lowest BCUT2D eigenvalue weighted by Gasteiger charge is -2.36. The number of nitrogens with one attached hydrogen (secondary N) is 1.